The van der Waals surface area contributed by atoms with Crippen LogP contribution in [0, 0.1) is 6.92 Å². The SMILES string of the molecule is Cc1ccc(Cc2cc(Cl)ncn2)cc1. The summed E-state index contributed by atoms with van der Waals surface area (Å²) in [6.45, 7) is 2.07. The minimum atomic E-state index is 0.493. The van der Waals surface area contributed by atoms with Crippen LogP contribution in [0.2, 0.25) is 5.15 Å². The van der Waals surface area contributed by atoms with Crippen LogP contribution in [0.1, 0.15) is 16.8 Å². The molecule has 0 saturated heterocycles. The molecular weight excluding hydrogens is 208 g/mol. The van der Waals surface area contributed by atoms with Crippen molar-refractivity contribution in [3.05, 3.63) is 58.6 Å². The molecule has 0 N–H and O–H groups in total. The number of rotatable bonds is 2. The van der Waals surface area contributed by atoms with Gasteiger partial charge in [-0.05, 0) is 18.6 Å². The van der Waals surface area contributed by atoms with Gasteiger partial charge in [0.1, 0.15) is 11.5 Å². The van der Waals surface area contributed by atoms with Crippen molar-refractivity contribution in [1.82, 2.24) is 9.97 Å². The lowest BCUT2D eigenvalue weighted by molar-refractivity contribution is 1.03. The van der Waals surface area contributed by atoms with Gasteiger partial charge in [0.15, 0.2) is 0 Å². The number of nitrogens with zero attached hydrogens (tertiary/aromatic N) is 2. The van der Waals surface area contributed by atoms with E-state index in [2.05, 4.69) is 41.2 Å². The summed E-state index contributed by atoms with van der Waals surface area (Å²) in [7, 11) is 0. The number of hydrogen-bond donors (Lipinski definition) is 0. The summed E-state index contributed by atoms with van der Waals surface area (Å²) in [5, 5.41) is 0.493. The van der Waals surface area contributed by atoms with E-state index in [-0.39, 0.29) is 0 Å². The Labute approximate surface area is 94.0 Å². The first-order valence-electron chi connectivity index (χ1n) is 4.76. The molecular formula is C12H11ClN2. The van der Waals surface area contributed by atoms with Crippen LogP contribution < -0.4 is 0 Å². The van der Waals surface area contributed by atoms with E-state index in [0.29, 0.717) is 5.15 Å². The molecule has 0 aliphatic heterocycles. The molecule has 2 nitrogen and oxygen atoms in total. The van der Waals surface area contributed by atoms with Gasteiger partial charge in [-0.3, -0.25) is 0 Å². The normalized spacial score (nSPS) is 10.3. The third-order valence-corrected chi connectivity index (χ3v) is 2.40. The number of benzene rings is 1. The van der Waals surface area contributed by atoms with E-state index < -0.39 is 0 Å². The van der Waals surface area contributed by atoms with Gasteiger partial charge in [0.05, 0.1) is 0 Å². The average molecular weight is 219 g/mol. The molecule has 0 aliphatic carbocycles. The highest BCUT2D eigenvalue weighted by Gasteiger charge is 1.98. The smallest absolute Gasteiger partial charge is 0.132 e. The van der Waals surface area contributed by atoms with Crippen LogP contribution >= 0.6 is 11.6 Å². The Kier molecular flexibility index (Phi) is 2.97. The van der Waals surface area contributed by atoms with Gasteiger partial charge in [-0.2, -0.15) is 0 Å². The first-order valence-corrected chi connectivity index (χ1v) is 5.14. The van der Waals surface area contributed by atoms with Gasteiger partial charge >= 0.3 is 0 Å². The average Bonchev–Trinajstić information content (AvgIpc) is 2.22. The monoisotopic (exact) mass is 218 g/mol. The molecule has 1 heterocycles. The number of hydrogen-bond acceptors (Lipinski definition) is 2. The van der Waals surface area contributed by atoms with Crippen molar-refractivity contribution in [2.45, 2.75) is 13.3 Å². The topological polar surface area (TPSA) is 25.8 Å². The lowest BCUT2D eigenvalue weighted by Crippen LogP contribution is -1.93. The fraction of sp³-hybridized carbons (Fsp3) is 0.167. The van der Waals surface area contributed by atoms with E-state index in [9.17, 15) is 0 Å². The molecule has 15 heavy (non-hydrogen) atoms. The van der Waals surface area contributed by atoms with Gasteiger partial charge in [-0.15, -0.1) is 0 Å². The van der Waals surface area contributed by atoms with E-state index in [1.165, 1.54) is 17.5 Å². The Balaban J connectivity index is 2.18. The molecule has 3 heteroatoms. The van der Waals surface area contributed by atoms with Gasteiger partial charge in [0.2, 0.25) is 0 Å². The predicted molar refractivity (Wildman–Crippen MR) is 61.0 cm³/mol. The molecule has 76 valence electrons. The van der Waals surface area contributed by atoms with Crippen molar-refractivity contribution >= 4 is 11.6 Å². The molecule has 2 aromatic rings. The van der Waals surface area contributed by atoms with E-state index >= 15 is 0 Å². The second-order valence-corrected chi connectivity index (χ2v) is 3.88. The summed E-state index contributed by atoms with van der Waals surface area (Å²) in [4.78, 5) is 8.01. The molecule has 0 atom stereocenters. The zero-order valence-corrected chi connectivity index (χ0v) is 9.20. The molecule has 0 radical (unpaired) electrons. The second kappa shape index (κ2) is 4.41. The maximum atomic E-state index is 5.79. The van der Waals surface area contributed by atoms with Crippen LogP contribution in [-0.4, -0.2) is 9.97 Å². The first-order chi connectivity index (χ1) is 7.24. The molecule has 0 fully saturated rings. The summed E-state index contributed by atoms with van der Waals surface area (Å²) >= 11 is 5.79. The summed E-state index contributed by atoms with van der Waals surface area (Å²) < 4.78 is 0. The molecule has 0 amide bonds. The largest absolute Gasteiger partial charge is 0.241 e. The van der Waals surface area contributed by atoms with Crippen LogP contribution in [0.25, 0.3) is 0 Å². The highest BCUT2D eigenvalue weighted by molar-refractivity contribution is 6.29. The fourth-order valence-corrected chi connectivity index (χ4v) is 1.55. The van der Waals surface area contributed by atoms with E-state index in [1.807, 2.05) is 0 Å². The minimum Gasteiger partial charge on any atom is -0.241 e. The van der Waals surface area contributed by atoms with Crippen LogP contribution in [0.3, 0.4) is 0 Å². The number of aryl methyl sites for hydroxylation is 1. The Morgan fingerprint density at radius 1 is 1.13 bits per heavy atom. The number of halogens is 1. The van der Waals surface area contributed by atoms with Gasteiger partial charge in [0.25, 0.3) is 0 Å². The summed E-state index contributed by atoms with van der Waals surface area (Å²) in [6.07, 6.45) is 2.29. The molecule has 0 unspecified atom stereocenters. The van der Waals surface area contributed by atoms with Crippen molar-refractivity contribution < 1.29 is 0 Å². The lowest BCUT2D eigenvalue weighted by Gasteiger charge is -2.01. The molecule has 0 aliphatic rings. The quantitative estimate of drug-likeness (QED) is 0.725. The van der Waals surface area contributed by atoms with Crippen LogP contribution in [0.5, 0.6) is 0 Å². The molecule has 0 saturated carbocycles. The van der Waals surface area contributed by atoms with Gasteiger partial charge in [-0.25, -0.2) is 9.97 Å². The summed E-state index contributed by atoms with van der Waals surface area (Å²) in [5.41, 5.74) is 3.44. The van der Waals surface area contributed by atoms with Crippen molar-refractivity contribution in [1.29, 1.82) is 0 Å². The summed E-state index contributed by atoms with van der Waals surface area (Å²) in [5.74, 6) is 0. The Bertz CT molecular complexity index is 451. The zero-order chi connectivity index (χ0) is 10.7. The first kappa shape index (κ1) is 10.1. The van der Waals surface area contributed by atoms with Crippen molar-refractivity contribution in [2.75, 3.05) is 0 Å². The van der Waals surface area contributed by atoms with Crippen molar-refractivity contribution in [3.8, 4) is 0 Å². The molecule has 0 bridgehead atoms. The molecule has 2 rings (SSSR count). The predicted octanol–water partition coefficient (Wildman–Crippen LogP) is 3.03. The fourth-order valence-electron chi connectivity index (χ4n) is 1.38. The van der Waals surface area contributed by atoms with Crippen molar-refractivity contribution in [2.24, 2.45) is 0 Å². The second-order valence-electron chi connectivity index (χ2n) is 3.49. The summed E-state index contributed by atoms with van der Waals surface area (Å²) in [6, 6.07) is 10.2. The Hall–Kier alpha value is -1.41. The van der Waals surface area contributed by atoms with Crippen LogP contribution in [0.4, 0.5) is 0 Å². The zero-order valence-electron chi connectivity index (χ0n) is 8.44. The molecule has 1 aromatic heterocycles. The van der Waals surface area contributed by atoms with E-state index in [4.69, 9.17) is 11.6 Å². The standard InChI is InChI=1S/C12H11ClN2/c1-9-2-4-10(5-3-9)6-11-7-12(13)15-8-14-11/h2-5,7-8H,6H2,1H3. The number of aromatic nitrogens is 2. The highest BCUT2D eigenvalue weighted by Crippen LogP contribution is 2.11. The van der Waals surface area contributed by atoms with Crippen LogP contribution in [0.15, 0.2) is 36.7 Å². The third kappa shape index (κ3) is 2.77. The Morgan fingerprint density at radius 2 is 1.87 bits per heavy atom. The van der Waals surface area contributed by atoms with E-state index in [1.54, 1.807) is 6.07 Å². The maximum Gasteiger partial charge on any atom is 0.132 e. The molecule has 0 spiro atoms. The van der Waals surface area contributed by atoms with Crippen molar-refractivity contribution in [3.63, 3.8) is 0 Å². The van der Waals surface area contributed by atoms with Gasteiger partial charge in [0, 0.05) is 12.1 Å². The Morgan fingerprint density at radius 3 is 2.53 bits per heavy atom. The third-order valence-electron chi connectivity index (χ3n) is 2.20. The van der Waals surface area contributed by atoms with Crippen LogP contribution in [-0.2, 0) is 6.42 Å². The molecule has 1 aromatic carbocycles. The van der Waals surface area contributed by atoms with Gasteiger partial charge < -0.3 is 0 Å². The minimum absolute atomic E-state index is 0.493. The van der Waals surface area contributed by atoms with E-state index in [0.717, 1.165) is 12.1 Å². The van der Waals surface area contributed by atoms with Gasteiger partial charge in [-0.1, -0.05) is 41.4 Å². The lowest BCUT2D eigenvalue weighted by atomic mass is 10.1. The highest BCUT2D eigenvalue weighted by atomic mass is 35.5. The maximum absolute atomic E-state index is 5.79.